The first-order valence-corrected chi connectivity index (χ1v) is 13.0. The quantitative estimate of drug-likeness (QED) is 0.652. The summed E-state index contributed by atoms with van der Waals surface area (Å²) in [6, 6.07) is 10.6. The van der Waals surface area contributed by atoms with Crippen LogP contribution in [0.2, 0.25) is 0 Å². The summed E-state index contributed by atoms with van der Waals surface area (Å²) >= 11 is 0. The number of aromatic amines is 1. The number of anilines is 1. The normalized spacial score (nSPS) is 19.6. The molecule has 0 spiro atoms. The maximum atomic E-state index is 12.9. The molecule has 2 aliphatic rings. The summed E-state index contributed by atoms with van der Waals surface area (Å²) < 4.78 is 23.8. The van der Waals surface area contributed by atoms with Gasteiger partial charge in [-0.05, 0) is 49.9 Å². The fraction of sp³-hybridized carbons (Fsp3) is 0.435. The van der Waals surface area contributed by atoms with Crippen molar-refractivity contribution in [3.63, 3.8) is 0 Å². The fourth-order valence-electron chi connectivity index (χ4n) is 4.65. The number of amides is 1. The molecule has 3 aromatic rings. The average Bonchev–Trinajstić information content (AvgIpc) is 3.48. The highest BCUT2D eigenvalue weighted by molar-refractivity contribution is 7.90. The van der Waals surface area contributed by atoms with Crippen LogP contribution in [0.1, 0.15) is 25.7 Å². The zero-order valence-electron chi connectivity index (χ0n) is 18.1. The predicted octanol–water partition coefficient (Wildman–Crippen LogP) is 2.87. The molecule has 1 aromatic carbocycles. The first-order chi connectivity index (χ1) is 15.4. The number of benzene rings is 1. The second kappa shape index (κ2) is 8.20. The summed E-state index contributed by atoms with van der Waals surface area (Å²) in [5.41, 5.74) is 2.06. The Labute approximate surface area is 187 Å². The number of nitrogens with one attached hydrogen (secondary N) is 1. The van der Waals surface area contributed by atoms with Crippen LogP contribution in [-0.2, 0) is 14.6 Å². The zero-order chi connectivity index (χ0) is 22.3. The van der Waals surface area contributed by atoms with Crippen molar-refractivity contribution in [2.75, 3.05) is 37.3 Å². The van der Waals surface area contributed by atoms with Crippen molar-refractivity contribution in [1.82, 2.24) is 19.9 Å². The molecule has 1 N–H and O–H groups in total. The lowest BCUT2D eigenvalue weighted by Gasteiger charge is -2.34. The van der Waals surface area contributed by atoms with Gasteiger partial charge in [-0.2, -0.15) is 0 Å². The van der Waals surface area contributed by atoms with E-state index in [0.29, 0.717) is 23.6 Å². The Balaban J connectivity index is 1.39. The van der Waals surface area contributed by atoms with E-state index in [9.17, 15) is 13.2 Å². The van der Waals surface area contributed by atoms with Gasteiger partial charge in [0.25, 0.3) is 0 Å². The number of H-pyrrole nitrogens is 1. The van der Waals surface area contributed by atoms with E-state index in [1.807, 2.05) is 23.1 Å². The molecule has 2 saturated heterocycles. The molecule has 2 fully saturated rings. The van der Waals surface area contributed by atoms with E-state index < -0.39 is 9.84 Å². The Hall–Kier alpha value is -2.94. The van der Waals surface area contributed by atoms with Crippen LogP contribution in [-0.4, -0.2) is 66.6 Å². The minimum Gasteiger partial charge on any atom is -0.356 e. The van der Waals surface area contributed by atoms with Crippen molar-refractivity contribution in [3.05, 3.63) is 36.4 Å². The standard InChI is InChI=1S/C23H27N5O3S/c1-32(30,31)18-8-4-6-16(14-18)21-24-19-9-10-20(25-22(19)26-21)28-13-5-7-17(15-28)23(29)27-11-2-3-12-27/h4,6,8-10,14,17H,2-3,5,7,11-13,15H2,1H3,(H,24,25,26)/t17-/m1/s1. The molecule has 8 nitrogen and oxygen atoms in total. The third-order valence-corrected chi connectivity index (χ3v) is 7.49. The van der Waals surface area contributed by atoms with Gasteiger partial charge in [0.15, 0.2) is 15.5 Å². The highest BCUT2D eigenvalue weighted by Crippen LogP contribution is 2.27. The number of pyridine rings is 1. The number of carbonyl (C=O) groups excluding carboxylic acids is 1. The number of piperidine rings is 1. The number of hydrogen-bond acceptors (Lipinski definition) is 6. The van der Waals surface area contributed by atoms with Gasteiger partial charge in [0.1, 0.15) is 17.2 Å². The monoisotopic (exact) mass is 453 g/mol. The third kappa shape index (κ3) is 4.09. The Morgan fingerprint density at radius 3 is 2.66 bits per heavy atom. The van der Waals surface area contributed by atoms with Crippen LogP contribution >= 0.6 is 0 Å². The second-order valence-electron chi connectivity index (χ2n) is 8.74. The molecule has 168 valence electrons. The fourth-order valence-corrected chi connectivity index (χ4v) is 5.32. The summed E-state index contributed by atoms with van der Waals surface area (Å²) in [4.78, 5) is 29.9. The van der Waals surface area contributed by atoms with Crippen LogP contribution in [0.4, 0.5) is 5.82 Å². The molecule has 1 amide bonds. The largest absolute Gasteiger partial charge is 0.356 e. The van der Waals surface area contributed by atoms with E-state index in [2.05, 4.69) is 14.9 Å². The number of imidazole rings is 1. The first kappa shape index (κ1) is 20.9. The van der Waals surface area contributed by atoms with Crippen LogP contribution in [0, 0.1) is 5.92 Å². The van der Waals surface area contributed by atoms with E-state index in [4.69, 9.17) is 4.98 Å². The van der Waals surface area contributed by atoms with Crippen molar-refractivity contribution in [3.8, 4) is 11.4 Å². The molecule has 4 heterocycles. The SMILES string of the molecule is CS(=O)(=O)c1cccc(-c2nc3ccc(N4CCC[C@@H](C(=O)N5CCCC5)C4)nc3[nH]2)c1. The van der Waals surface area contributed by atoms with E-state index in [1.165, 1.54) is 6.26 Å². The second-order valence-corrected chi connectivity index (χ2v) is 10.8. The molecule has 2 aliphatic heterocycles. The summed E-state index contributed by atoms with van der Waals surface area (Å²) in [5, 5.41) is 0. The van der Waals surface area contributed by atoms with Gasteiger partial charge in [0.05, 0.1) is 10.8 Å². The maximum Gasteiger partial charge on any atom is 0.227 e. The zero-order valence-corrected chi connectivity index (χ0v) is 18.9. The van der Waals surface area contributed by atoms with Gasteiger partial charge >= 0.3 is 0 Å². The lowest BCUT2D eigenvalue weighted by Crippen LogP contribution is -2.44. The van der Waals surface area contributed by atoms with Gasteiger partial charge in [-0.3, -0.25) is 4.79 Å². The molecule has 5 rings (SSSR count). The van der Waals surface area contributed by atoms with Gasteiger partial charge in [-0.25, -0.2) is 18.4 Å². The number of fused-ring (bicyclic) bond motifs is 1. The maximum absolute atomic E-state index is 12.9. The molecular weight excluding hydrogens is 426 g/mol. The van der Waals surface area contributed by atoms with Crippen molar-refractivity contribution in [2.24, 2.45) is 5.92 Å². The van der Waals surface area contributed by atoms with Gasteiger partial charge < -0.3 is 14.8 Å². The molecule has 0 bridgehead atoms. The third-order valence-electron chi connectivity index (χ3n) is 6.38. The number of sulfone groups is 1. The Kier molecular flexibility index (Phi) is 5.36. The van der Waals surface area contributed by atoms with Gasteiger partial charge in [0.2, 0.25) is 5.91 Å². The number of carbonyl (C=O) groups is 1. The molecule has 2 aromatic heterocycles. The summed E-state index contributed by atoms with van der Waals surface area (Å²) in [5.74, 6) is 1.71. The van der Waals surface area contributed by atoms with E-state index in [-0.39, 0.29) is 16.7 Å². The first-order valence-electron chi connectivity index (χ1n) is 11.1. The van der Waals surface area contributed by atoms with Crippen molar-refractivity contribution in [2.45, 2.75) is 30.6 Å². The summed E-state index contributed by atoms with van der Waals surface area (Å²) in [7, 11) is -3.30. The van der Waals surface area contributed by atoms with Gasteiger partial charge in [0, 0.05) is 38.0 Å². The molecule has 0 unspecified atom stereocenters. The number of aromatic nitrogens is 3. The van der Waals surface area contributed by atoms with Crippen LogP contribution in [0.15, 0.2) is 41.3 Å². The number of likely N-dealkylation sites (tertiary alicyclic amines) is 1. The van der Waals surface area contributed by atoms with Crippen molar-refractivity contribution < 1.29 is 13.2 Å². The molecule has 32 heavy (non-hydrogen) atoms. The molecule has 9 heteroatoms. The number of hydrogen-bond donors (Lipinski definition) is 1. The summed E-state index contributed by atoms with van der Waals surface area (Å²) in [6.45, 7) is 3.33. The Bertz CT molecular complexity index is 1260. The van der Waals surface area contributed by atoms with Gasteiger partial charge in [-0.1, -0.05) is 12.1 Å². The van der Waals surface area contributed by atoms with E-state index in [1.54, 1.807) is 18.2 Å². The minimum atomic E-state index is -3.30. The summed E-state index contributed by atoms with van der Waals surface area (Å²) in [6.07, 6.45) is 5.31. The number of nitrogens with zero attached hydrogens (tertiary/aromatic N) is 4. The van der Waals surface area contributed by atoms with Gasteiger partial charge in [-0.15, -0.1) is 0 Å². The van der Waals surface area contributed by atoms with Crippen LogP contribution in [0.5, 0.6) is 0 Å². The topological polar surface area (TPSA) is 99.3 Å². The minimum absolute atomic E-state index is 0.0235. The van der Waals surface area contributed by atoms with Crippen molar-refractivity contribution >= 4 is 32.7 Å². The Morgan fingerprint density at radius 2 is 1.88 bits per heavy atom. The lowest BCUT2D eigenvalue weighted by atomic mass is 9.96. The molecule has 0 aliphatic carbocycles. The smallest absolute Gasteiger partial charge is 0.227 e. The lowest BCUT2D eigenvalue weighted by molar-refractivity contribution is -0.134. The number of rotatable bonds is 4. The van der Waals surface area contributed by atoms with Crippen LogP contribution in [0.25, 0.3) is 22.6 Å². The molecule has 0 saturated carbocycles. The predicted molar refractivity (Wildman–Crippen MR) is 123 cm³/mol. The molecule has 0 radical (unpaired) electrons. The Morgan fingerprint density at radius 1 is 1.06 bits per heavy atom. The van der Waals surface area contributed by atoms with Crippen molar-refractivity contribution in [1.29, 1.82) is 0 Å². The molecular formula is C23H27N5O3S. The highest BCUT2D eigenvalue weighted by atomic mass is 32.2. The van der Waals surface area contributed by atoms with Crippen LogP contribution < -0.4 is 4.90 Å². The molecule has 1 atom stereocenters. The average molecular weight is 454 g/mol. The van der Waals surface area contributed by atoms with Crippen LogP contribution in [0.3, 0.4) is 0 Å². The highest BCUT2D eigenvalue weighted by Gasteiger charge is 2.31. The van der Waals surface area contributed by atoms with E-state index in [0.717, 1.165) is 56.7 Å². The van der Waals surface area contributed by atoms with E-state index >= 15 is 0 Å².